The molecule has 1 fully saturated rings. The molecule has 1 aliphatic rings. The SMILES string of the molecule is Cc1ccc(C(=O)NCC(=O)NCc2cccc(C(=O)N3CCCCC3)c2)cc1C. The van der Waals surface area contributed by atoms with Gasteiger partial charge in [0.15, 0.2) is 0 Å². The predicted octanol–water partition coefficient (Wildman–Crippen LogP) is 2.98. The zero-order chi connectivity index (χ0) is 21.5. The van der Waals surface area contributed by atoms with Gasteiger partial charge in [-0.2, -0.15) is 0 Å². The molecule has 6 nitrogen and oxygen atoms in total. The summed E-state index contributed by atoms with van der Waals surface area (Å²) < 4.78 is 0. The van der Waals surface area contributed by atoms with Crippen molar-refractivity contribution < 1.29 is 14.4 Å². The number of piperidine rings is 1. The fourth-order valence-electron chi connectivity index (χ4n) is 3.50. The molecule has 6 heteroatoms. The molecule has 2 aromatic rings. The molecule has 2 N–H and O–H groups in total. The van der Waals surface area contributed by atoms with E-state index in [1.807, 2.05) is 55.1 Å². The molecular weight excluding hydrogens is 378 g/mol. The van der Waals surface area contributed by atoms with E-state index in [-0.39, 0.29) is 24.3 Å². The highest BCUT2D eigenvalue weighted by atomic mass is 16.2. The lowest BCUT2D eigenvalue weighted by Crippen LogP contribution is -2.37. The Labute approximate surface area is 177 Å². The normalized spacial score (nSPS) is 13.6. The molecular formula is C24H29N3O3. The van der Waals surface area contributed by atoms with Gasteiger partial charge in [0.1, 0.15) is 0 Å². The first-order valence-electron chi connectivity index (χ1n) is 10.4. The highest BCUT2D eigenvalue weighted by Crippen LogP contribution is 2.14. The number of hydrogen-bond acceptors (Lipinski definition) is 3. The molecule has 0 aromatic heterocycles. The smallest absolute Gasteiger partial charge is 0.253 e. The zero-order valence-electron chi connectivity index (χ0n) is 17.7. The van der Waals surface area contributed by atoms with Crippen LogP contribution in [-0.2, 0) is 11.3 Å². The first kappa shape index (κ1) is 21.6. The number of amides is 3. The van der Waals surface area contributed by atoms with Crippen LogP contribution in [0.4, 0.5) is 0 Å². The summed E-state index contributed by atoms with van der Waals surface area (Å²) in [5.41, 5.74) is 4.18. The molecule has 1 saturated heterocycles. The van der Waals surface area contributed by atoms with Gasteiger partial charge in [0, 0.05) is 30.8 Å². The van der Waals surface area contributed by atoms with Gasteiger partial charge in [-0.1, -0.05) is 18.2 Å². The number of likely N-dealkylation sites (tertiary alicyclic amines) is 1. The van der Waals surface area contributed by atoms with Gasteiger partial charge in [-0.25, -0.2) is 0 Å². The average molecular weight is 408 g/mol. The molecule has 0 atom stereocenters. The minimum absolute atomic E-state index is 0.0449. The molecule has 3 amide bonds. The van der Waals surface area contributed by atoms with Crippen LogP contribution in [0.2, 0.25) is 0 Å². The van der Waals surface area contributed by atoms with E-state index in [0.29, 0.717) is 17.7 Å². The third-order valence-corrected chi connectivity index (χ3v) is 5.49. The zero-order valence-corrected chi connectivity index (χ0v) is 17.7. The van der Waals surface area contributed by atoms with Gasteiger partial charge in [0.05, 0.1) is 6.54 Å². The lowest BCUT2D eigenvalue weighted by molar-refractivity contribution is -0.120. The van der Waals surface area contributed by atoms with E-state index in [0.717, 1.165) is 42.6 Å². The standard InChI is InChI=1S/C24H29N3O3/c1-17-9-10-20(13-18(17)2)23(29)26-16-22(28)25-15-19-7-6-8-21(14-19)24(30)27-11-4-3-5-12-27/h6-10,13-14H,3-5,11-12,15-16H2,1-2H3,(H,25,28)(H,26,29). The number of hydrogen-bond donors (Lipinski definition) is 2. The van der Waals surface area contributed by atoms with Crippen molar-refractivity contribution in [1.82, 2.24) is 15.5 Å². The van der Waals surface area contributed by atoms with Crippen LogP contribution in [0.1, 0.15) is 56.7 Å². The van der Waals surface area contributed by atoms with Crippen LogP contribution >= 0.6 is 0 Å². The van der Waals surface area contributed by atoms with Crippen LogP contribution in [0.3, 0.4) is 0 Å². The van der Waals surface area contributed by atoms with E-state index in [1.165, 1.54) is 6.42 Å². The van der Waals surface area contributed by atoms with E-state index >= 15 is 0 Å². The number of aryl methyl sites for hydroxylation is 2. The molecule has 30 heavy (non-hydrogen) atoms. The molecule has 1 heterocycles. The first-order chi connectivity index (χ1) is 14.4. The fourth-order valence-corrected chi connectivity index (χ4v) is 3.50. The second kappa shape index (κ2) is 10.1. The number of carbonyl (C=O) groups is 3. The van der Waals surface area contributed by atoms with E-state index < -0.39 is 0 Å². The van der Waals surface area contributed by atoms with Crippen molar-refractivity contribution in [2.24, 2.45) is 0 Å². The molecule has 0 aliphatic carbocycles. The Morgan fingerprint density at radius 1 is 0.867 bits per heavy atom. The number of nitrogens with one attached hydrogen (secondary N) is 2. The molecule has 1 aliphatic heterocycles. The Bertz CT molecular complexity index is 933. The van der Waals surface area contributed by atoms with Gasteiger partial charge in [0.25, 0.3) is 11.8 Å². The third kappa shape index (κ3) is 5.69. The Morgan fingerprint density at radius 3 is 2.37 bits per heavy atom. The Hall–Kier alpha value is -3.15. The van der Waals surface area contributed by atoms with Crippen LogP contribution in [0, 0.1) is 13.8 Å². The topological polar surface area (TPSA) is 78.5 Å². The van der Waals surface area contributed by atoms with Gasteiger partial charge in [-0.15, -0.1) is 0 Å². The summed E-state index contributed by atoms with van der Waals surface area (Å²) in [5.74, 6) is -0.508. The Kier molecular flexibility index (Phi) is 7.22. The summed E-state index contributed by atoms with van der Waals surface area (Å²) in [6.45, 7) is 5.75. The Morgan fingerprint density at radius 2 is 1.63 bits per heavy atom. The summed E-state index contributed by atoms with van der Waals surface area (Å²) in [7, 11) is 0. The van der Waals surface area contributed by atoms with Crippen molar-refractivity contribution in [1.29, 1.82) is 0 Å². The van der Waals surface area contributed by atoms with Crippen LogP contribution in [0.25, 0.3) is 0 Å². The molecule has 0 spiro atoms. The van der Waals surface area contributed by atoms with Gasteiger partial charge >= 0.3 is 0 Å². The van der Waals surface area contributed by atoms with Gasteiger partial charge in [0.2, 0.25) is 5.91 Å². The van der Waals surface area contributed by atoms with Gasteiger partial charge in [-0.05, 0) is 74.1 Å². The van der Waals surface area contributed by atoms with Crippen molar-refractivity contribution in [3.63, 3.8) is 0 Å². The predicted molar refractivity (Wildman–Crippen MR) is 116 cm³/mol. The average Bonchev–Trinajstić information content (AvgIpc) is 2.78. The molecule has 0 bridgehead atoms. The summed E-state index contributed by atoms with van der Waals surface area (Å²) in [6, 6.07) is 12.8. The molecule has 0 radical (unpaired) electrons. The van der Waals surface area contributed by atoms with Crippen LogP contribution in [0.15, 0.2) is 42.5 Å². The first-order valence-corrected chi connectivity index (χ1v) is 10.4. The number of rotatable bonds is 6. The lowest BCUT2D eigenvalue weighted by atomic mass is 10.1. The maximum atomic E-state index is 12.6. The van der Waals surface area contributed by atoms with Crippen LogP contribution in [-0.4, -0.2) is 42.3 Å². The van der Waals surface area contributed by atoms with E-state index in [4.69, 9.17) is 0 Å². The highest BCUT2D eigenvalue weighted by molar-refractivity contribution is 5.96. The monoisotopic (exact) mass is 407 g/mol. The molecule has 2 aromatic carbocycles. The molecule has 3 rings (SSSR count). The summed E-state index contributed by atoms with van der Waals surface area (Å²) in [6.07, 6.45) is 3.28. The molecule has 0 unspecified atom stereocenters. The van der Waals surface area contributed by atoms with Crippen LogP contribution in [0.5, 0.6) is 0 Å². The van der Waals surface area contributed by atoms with E-state index in [9.17, 15) is 14.4 Å². The van der Waals surface area contributed by atoms with Gasteiger partial charge in [-0.3, -0.25) is 14.4 Å². The minimum atomic E-state index is -0.278. The second-order valence-corrected chi connectivity index (χ2v) is 7.81. The van der Waals surface area contributed by atoms with E-state index in [1.54, 1.807) is 6.07 Å². The quantitative estimate of drug-likeness (QED) is 0.773. The summed E-state index contributed by atoms with van der Waals surface area (Å²) in [5, 5.41) is 5.44. The van der Waals surface area contributed by atoms with Crippen molar-refractivity contribution in [3.05, 3.63) is 70.3 Å². The maximum Gasteiger partial charge on any atom is 0.253 e. The van der Waals surface area contributed by atoms with Crippen molar-refractivity contribution in [2.45, 2.75) is 39.7 Å². The number of carbonyl (C=O) groups excluding carboxylic acids is 3. The maximum absolute atomic E-state index is 12.6. The second-order valence-electron chi connectivity index (χ2n) is 7.81. The third-order valence-electron chi connectivity index (χ3n) is 5.49. The highest BCUT2D eigenvalue weighted by Gasteiger charge is 2.18. The lowest BCUT2D eigenvalue weighted by Gasteiger charge is -2.26. The molecule has 158 valence electrons. The largest absolute Gasteiger partial charge is 0.350 e. The van der Waals surface area contributed by atoms with E-state index in [2.05, 4.69) is 10.6 Å². The van der Waals surface area contributed by atoms with Crippen molar-refractivity contribution >= 4 is 17.7 Å². The van der Waals surface area contributed by atoms with Crippen molar-refractivity contribution in [3.8, 4) is 0 Å². The minimum Gasteiger partial charge on any atom is -0.350 e. The Balaban J connectivity index is 1.49. The number of benzene rings is 2. The fraction of sp³-hybridized carbons (Fsp3) is 0.375. The molecule has 0 saturated carbocycles. The summed E-state index contributed by atoms with van der Waals surface area (Å²) >= 11 is 0. The van der Waals surface area contributed by atoms with Crippen molar-refractivity contribution in [2.75, 3.05) is 19.6 Å². The van der Waals surface area contributed by atoms with Gasteiger partial charge < -0.3 is 15.5 Å². The van der Waals surface area contributed by atoms with Crippen LogP contribution < -0.4 is 10.6 Å². The number of nitrogens with zero attached hydrogens (tertiary/aromatic N) is 1. The summed E-state index contributed by atoms with van der Waals surface area (Å²) in [4.78, 5) is 38.9.